The van der Waals surface area contributed by atoms with E-state index in [-0.39, 0.29) is 6.04 Å². The summed E-state index contributed by atoms with van der Waals surface area (Å²) in [6.45, 7) is 1.87. The van der Waals surface area contributed by atoms with Crippen LogP contribution in [0.5, 0.6) is 0 Å². The maximum absolute atomic E-state index is 5.57. The first-order chi connectivity index (χ1) is 12.3. The first-order valence-corrected chi connectivity index (χ1v) is 8.44. The van der Waals surface area contributed by atoms with Gasteiger partial charge in [0.15, 0.2) is 0 Å². The zero-order chi connectivity index (χ0) is 17.1. The van der Waals surface area contributed by atoms with Crippen LogP contribution >= 0.6 is 0 Å². The second-order valence-corrected chi connectivity index (χ2v) is 6.13. The summed E-state index contributed by atoms with van der Waals surface area (Å²) in [5.74, 6) is 2.07. The van der Waals surface area contributed by atoms with Crippen molar-refractivity contribution < 1.29 is 4.52 Å². The van der Waals surface area contributed by atoms with Crippen molar-refractivity contribution in [1.29, 1.82) is 0 Å². The Balaban J connectivity index is 1.52. The van der Waals surface area contributed by atoms with Crippen molar-refractivity contribution in [2.75, 3.05) is 18.9 Å². The van der Waals surface area contributed by atoms with Gasteiger partial charge >= 0.3 is 0 Å². The molecule has 7 heteroatoms. The Bertz CT molecular complexity index is 817. The summed E-state index contributed by atoms with van der Waals surface area (Å²) >= 11 is 0. The highest BCUT2D eigenvalue weighted by Gasteiger charge is 2.30. The molecule has 7 nitrogen and oxygen atoms in total. The fourth-order valence-electron chi connectivity index (χ4n) is 3.18. The number of nitrogens with zero attached hydrogens (tertiary/aromatic N) is 5. The summed E-state index contributed by atoms with van der Waals surface area (Å²) < 4.78 is 5.57. The van der Waals surface area contributed by atoms with E-state index in [1.807, 2.05) is 31.4 Å². The maximum atomic E-state index is 5.57. The van der Waals surface area contributed by atoms with Crippen molar-refractivity contribution in [3.05, 3.63) is 54.3 Å². The largest absolute Gasteiger partial charge is 0.373 e. The van der Waals surface area contributed by atoms with Crippen LogP contribution in [0.1, 0.15) is 30.3 Å². The SMILES string of the molecule is CNc1ccc(-c2noc([C@@H]3CCCN3Cc3cccnc3)n2)cn1. The Hall–Kier alpha value is -2.80. The third-order valence-electron chi connectivity index (χ3n) is 4.48. The molecule has 0 spiro atoms. The van der Waals surface area contributed by atoms with E-state index in [0.29, 0.717) is 11.7 Å². The fraction of sp³-hybridized carbons (Fsp3) is 0.333. The van der Waals surface area contributed by atoms with Gasteiger partial charge in [-0.05, 0) is 43.1 Å². The lowest BCUT2D eigenvalue weighted by molar-refractivity contribution is 0.201. The molecule has 4 rings (SSSR count). The van der Waals surface area contributed by atoms with E-state index in [2.05, 4.69) is 36.4 Å². The molecule has 4 heterocycles. The van der Waals surface area contributed by atoms with Crippen molar-refractivity contribution in [3.63, 3.8) is 0 Å². The molecule has 1 saturated heterocycles. The van der Waals surface area contributed by atoms with Gasteiger partial charge in [-0.2, -0.15) is 4.98 Å². The standard InChI is InChI=1S/C18H20N6O/c1-19-16-7-6-14(11-21-16)17-22-18(25-23-17)15-5-3-9-24(15)12-13-4-2-8-20-10-13/h2,4,6-8,10-11,15H,3,5,9,12H2,1H3,(H,19,21)/t15-/m0/s1. The number of rotatable bonds is 5. The molecule has 3 aromatic heterocycles. The Kier molecular flexibility index (Phi) is 4.39. The molecule has 0 bridgehead atoms. The van der Waals surface area contributed by atoms with Gasteiger partial charge in [-0.25, -0.2) is 4.98 Å². The third kappa shape index (κ3) is 3.36. The number of anilines is 1. The van der Waals surface area contributed by atoms with Gasteiger partial charge in [0.2, 0.25) is 11.7 Å². The van der Waals surface area contributed by atoms with E-state index in [4.69, 9.17) is 4.52 Å². The van der Waals surface area contributed by atoms with Crippen LogP contribution < -0.4 is 5.32 Å². The molecule has 1 fully saturated rings. The van der Waals surface area contributed by atoms with E-state index in [1.54, 1.807) is 12.4 Å². The summed E-state index contributed by atoms with van der Waals surface area (Å²) in [4.78, 5) is 15.5. The summed E-state index contributed by atoms with van der Waals surface area (Å²) in [5.41, 5.74) is 2.05. The minimum Gasteiger partial charge on any atom is -0.373 e. The number of likely N-dealkylation sites (tertiary alicyclic amines) is 1. The molecule has 0 saturated carbocycles. The van der Waals surface area contributed by atoms with Crippen molar-refractivity contribution in [2.45, 2.75) is 25.4 Å². The van der Waals surface area contributed by atoms with E-state index in [9.17, 15) is 0 Å². The van der Waals surface area contributed by atoms with Crippen LogP contribution in [0, 0.1) is 0 Å². The molecule has 0 unspecified atom stereocenters. The number of aromatic nitrogens is 4. The maximum Gasteiger partial charge on any atom is 0.244 e. The average Bonchev–Trinajstić information content (AvgIpc) is 3.32. The number of hydrogen-bond acceptors (Lipinski definition) is 7. The summed E-state index contributed by atoms with van der Waals surface area (Å²) in [6, 6.07) is 8.06. The lowest BCUT2D eigenvalue weighted by atomic mass is 10.2. The molecule has 0 radical (unpaired) electrons. The van der Waals surface area contributed by atoms with Crippen LogP contribution in [-0.4, -0.2) is 38.6 Å². The average molecular weight is 336 g/mol. The zero-order valence-electron chi connectivity index (χ0n) is 14.1. The molecule has 0 aliphatic carbocycles. The molecule has 0 amide bonds. The fourth-order valence-corrected chi connectivity index (χ4v) is 3.18. The zero-order valence-corrected chi connectivity index (χ0v) is 14.1. The van der Waals surface area contributed by atoms with Crippen LogP contribution in [-0.2, 0) is 6.54 Å². The topological polar surface area (TPSA) is 80.0 Å². The lowest BCUT2D eigenvalue weighted by Crippen LogP contribution is -2.23. The van der Waals surface area contributed by atoms with Crippen molar-refractivity contribution in [2.24, 2.45) is 0 Å². The van der Waals surface area contributed by atoms with Gasteiger partial charge in [-0.15, -0.1) is 0 Å². The molecule has 25 heavy (non-hydrogen) atoms. The Morgan fingerprint density at radius 2 is 2.24 bits per heavy atom. The summed E-state index contributed by atoms with van der Waals surface area (Å²) in [6.07, 6.45) is 7.61. The molecule has 128 valence electrons. The molecule has 0 aromatic carbocycles. The highest BCUT2D eigenvalue weighted by Crippen LogP contribution is 2.33. The van der Waals surface area contributed by atoms with E-state index in [0.717, 1.165) is 37.3 Å². The molecule has 1 atom stereocenters. The summed E-state index contributed by atoms with van der Waals surface area (Å²) in [5, 5.41) is 7.14. The third-order valence-corrected chi connectivity index (χ3v) is 4.48. The minimum atomic E-state index is 0.158. The van der Waals surface area contributed by atoms with E-state index < -0.39 is 0 Å². The number of hydrogen-bond donors (Lipinski definition) is 1. The first kappa shape index (κ1) is 15.7. The van der Waals surface area contributed by atoms with Crippen LogP contribution in [0.3, 0.4) is 0 Å². The molecule has 1 aliphatic heterocycles. The molecular weight excluding hydrogens is 316 g/mol. The Morgan fingerprint density at radius 1 is 1.28 bits per heavy atom. The van der Waals surface area contributed by atoms with Gasteiger partial charge in [0.05, 0.1) is 6.04 Å². The smallest absolute Gasteiger partial charge is 0.244 e. The molecular formula is C18H20N6O. The van der Waals surface area contributed by atoms with Crippen molar-refractivity contribution in [1.82, 2.24) is 25.0 Å². The second kappa shape index (κ2) is 6.98. The second-order valence-electron chi connectivity index (χ2n) is 6.13. The van der Waals surface area contributed by atoms with E-state index >= 15 is 0 Å². The normalized spacial score (nSPS) is 17.7. The van der Waals surface area contributed by atoms with Gasteiger partial charge in [-0.1, -0.05) is 11.2 Å². The quantitative estimate of drug-likeness (QED) is 0.767. The summed E-state index contributed by atoms with van der Waals surface area (Å²) in [7, 11) is 1.84. The van der Waals surface area contributed by atoms with E-state index in [1.165, 1.54) is 5.56 Å². The molecule has 3 aromatic rings. The predicted molar refractivity (Wildman–Crippen MR) is 93.7 cm³/mol. The van der Waals surface area contributed by atoms with Crippen LogP contribution in [0.15, 0.2) is 47.4 Å². The highest BCUT2D eigenvalue weighted by atomic mass is 16.5. The van der Waals surface area contributed by atoms with Gasteiger partial charge in [0.25, 0.3) is 0 Å². The Morgan fingerprint density at radius 3 is 3.00 bits per heavy atom. The minimum absolute atomic E-state index is 0.158. The van der Waals surface area contributed by atoms with Crippen molar-refractivity contribution in [3.8, 4) is 11.4 Å². The lowest BCUT2D eigenvalue weighted by Gasteiger charge is -2.21. The van der Waals surface area contributed by atoms with Crippen molar-refractivity contribution >= 4 is 5.82 Å². The predicted octanol–water partition coefficient (Wildman–Crippen LogP) is 2.91. The number of nitrogens with one attached hydrogen (secondary N) is 1. The first-order valence-electron chi connectivity index (χ1n) is 8.44. The monoisotopic (exact) mass is 336 g/mol. The van der Waals surface area contributed by atoms with Gasteiger partial charge in [0, 0.05) is 37.7 Å². The molecule has 1 N–H and O–H groups in total. The van der Waals surface area contributed by atoms with Crippen LogP contribution in [0.25, 0.3) is 11.4 Å². The van der Waals surface area contributed by atoms with Gasteiger partial charge in [-0.3, -0.25) is 9.88 Å². The Labute approximate surface area is 146 Å². The number of pyridine rings is 2. The van der Waals surface area contributed by atoms with Crippen LogP contribution in [0.4, 0.5) is 5.82 Å². The van der Waals surface area contributed by atoms with Gasteiger partial charge in [0.1, 0.15) is 5.82 Å². The molecule has 1 aliphatic rings. The highest BCUT2D eigenvalue weighted by molar-refractivity contribution is 5.55. The van der Waals surface area contributed by atoms with Gasteiger partial charge < -0.3 is 9.84 Å². The van der Waals surface area contributed by atoms with Crippen LogP contribution in [0.2, 0.25) is 0 Å².